The van der Waals surface area contributed by atoms with Gasteiger partial charge in [0.05, 0.1) is 18.6 Å². The molecule has 3 heterocycles. The topological polar surface area (TPSA) is 129 Å². The Morgan fingerprint density at radius 2 is 2.21 bits per heavy atom. The molecular formula is C14H17N9O. The summed E-state index contributed by atoms with van der Waals surface area (Å²) in [7, 11) is 0. The van der Waals surface area contributed by atoms with Gasteiger partial charge < -0.3 is 15.6 Å². The van der Waals surface area contributed by atoms with Crippen molar-refractivity contribution in [1.82, 2.24) is 39.8 Å². The highest BCUT2D eigenvalue weighted by Crippen LogP contribution is 2.36. The van der Waals surface area contributed by atoms with Crippen molar-refractivity contribution in [3.8, 4) is 0 Å². The molecule has 3 N–H and O–H groups in total. The maximum atomic E-state index is 12.1. The number of amides is 1. The van der Waals surface area contributed by atoms with Crippen molar-refractivity contribution >= 4 is 22.9 Å². The first-order valence-electron chi connectivity index (χ1n) is 7.74. The molecule has 0 atom stereocenters. The molecule has 4 rings (SSSR count). The molecule has 0 aromatic carbocycles. The highest BCUT2D eigenvalue weighted by atomic mass is 16.1. The lowest BCUT2D eigenvalue weighted by Crippen LogP contribution is -2.38. The van der Waals surface area contributed by atoms with Crippen molar-refractivity contribution < 1.29 is 4.79 Å². The van der Waals surface area contributed by atoms with Crippen LogP contribution < -0.4 is 11.1 Å². The summed E-state index contributed by atoms with van der Waals surface area (Å²) in [5.74, 6) is 0.712. The third-order valence-corrected chi connectivity index (χ3v) is 4.36. The average molecular weight is 327 g/mol. The summed E-state index contributed by atoms with van der Waals surface area (Å²) in [5.41, 5.74) is 6.81. The van der Waals surface area contributed by atoms with E-state index in [9.17, 15) is 4.79 Å². The van der Waals surface area contributed by atoms with Gasteiger partial charge in [0.15, 0.2) is 11.5 Å². The Kier molecular flexibility index (Phi) is 3.56. The third kappa shape index (κ3) is 2.66. The van der Waals surface area contributed by atoms with Crippen LogP contribution in [0.5, 0.6) is 0 Å². The second-order valence-corrected chi connectivity index (χ2v) is 5.98. The highest BCUT2D eigenvalue weighted by molar-refractivity contribution is 5.83. The van der Waals surface area contributed by atoms with Gasteiger partial charge in [0.25, 0.3) is 0 Å². The van der Waals surface area contributed by atoms with E-state index in [4.69, 9.17) is 5.73 Å². The first-order valence-corrected chi connectivity index (χ1v) is 7.74. The minimum atomic E-state index is -0.0734. The zero-order chi connectivity index (χ0) is 16.5. The summed E-state index contributed by atoms with van der Waals surface area (Å²) in [4.78, 5) is 24.3. The monoisotopic (exact) mass is 327 g/mol. The second kappa shape index (κ2) is 5.87. The SMILES string of the molecule is Nc1ncnc2c1ncn2CC(=O)NCC1CC(n2ccnn2)C1. The van der Waals surface area contributed by atoms with E-state index >= 15 is 0 Å². The minimum absolute atomic E-state index is 0.0734. The van der Waals surface area contributed by atoms with Gasteiger partial charge in [-0.25, -0.2) is 19.6 Å². The van der Waals surface area contributed by atoms with Gasteiger partial charge in [0, 0.05) is 12.7 Å². The molecule has 10 heteroatoms. The Hall–Kier alpha value is -3.04. The summed E-state index contributed by atoms with van der Waals surface area (Å²) < 4.78 is 3.54. The Morgan fingerprint density at radius 3 is 3.00 bits per heavy atom. The molecule has 0 saturated heterocycles. The first kappa shape index (κ1) is 14.5. The van der Waals surface area contributed by atoms with E-state index in [0.29, 0.717) is 35.5 Å². The Bertz CT molecular complexity index is 850. The lowest BCUT2D eigenvalue weighted by Gasteiger charge is -2.35. The first-order chi connectivity index (χ1) is 11.7. The molecule has 1 amide bonds. The molecule has 1 fully saturated rings. The lowest BCUT2D eigenvalue weighted by molar-refractivity contribution is -0.122. The van der Waals surface area contributed by atoms with Crippen molar-refractivity contribution in [3.05, 3.63) is 25.0 Å². The van der Waals surface area contributed by atoms with Gasteiger partial charge in [0.1, 0.15) is 18.4 Å². The van der Waals surface area contributed by atoms with Crippen LogP contribution in [0.1, 0.15) is 18.9 Å². The number of fused-ring (bicyclic) bond motifs is 1. The van der Waals surface area contributed by atoms with Gasteiger partial charge in [-0.15, -0.1) is 5.10 Å². The number of nitrogens with two attached hydrogens (primary N) is 1. The van der Waals surface area contributed by atoms with Gasteiger partial charge in [-0.05, 0) is 18.8 Å². The van der Waals surface area contributed by atoms with E-state index in [-0.39, 0.29) is 12.5 Å². The fourth-order valence-electron chi connectivity index (χ4n) is 2.98. The Labute approximate surface area is 137 Å². The van der Waals surface area contributed by atoms with Crippen LogP contribution >= 0.6 is 0 Å². The Morgan fingerprint density at radius 1 is 1.33 bits per heavy atom. The number of nitrogens with one attached hydrogen (secondary N) is 1. The highest BCUT2D eigenvalue weighted by Gasteiger charge is 2.31. The van der Waals surface area contributed by atoms with E-state index in [0.717, 1.165) is 12.8 Å². The number of anilines is 1. The fraction of sp³-hybridized carbons (Fsp3) is 0.429. The standard InChI is InChI=1S/C14H17N9O/c15-13-12-14(18-7-17-13)22(8-19-12)6-11(24)16-5-9-3-10(4-9)23-2-1-20-21-23/h1-2,7-10H,3-6H2,(H,16,24)(H2,15,17,18). The number of aromatic nitrogens is 7. The molecule has 1 aliphatic rings. The molecule has 3 aromatic rings. The smallest absolute Gasteiger partial charge is 0.240 e. The summed E-state index contributed by atoms with van der Waals surface area (Å²) in [5, 5.41) is 10.8. The van der Waals surface area contributed by atoms with Crippen molar-refractivity contribution in [2.45, 2.75) is 25.4 Å². The number of hydrogen-bond donors (Lipinski definition) is 2. The van der Waals surface area contributed by atoms with Crippen LogP contribution in [0.2, 0.25) is 0 Å². The van der Waals surface area contributed by atoms with Crippen LogP contribution in [0, 0.1) is 5.92 Å². The molecule has 0 unspecified atom stereocenters. The number of hydrogen-bond acceptors (Lipinski definition) is 7. The van der Waals surface area contributed by atoms with Crippen molar-refractivity contribution in [2.75, 3.05) is 12.3 Å². The van der Waals surface area contributed by atoms with Crippen molar-refractivity contribution in [3.63, 3.8) is 0 Å². The van der Waals surface area contributed by atoms with E-state index in [1.165, 1.54) is 6.33 Å². The van der Waals surface area contributed by atoms with Crippen LogP contribution in [0.15, 0.2) is 25.0 Å². The molecule has 24 heavy (non-hydrogen) atoms. The van der Waals surface area contributed by atoms with Crippen molar-refractivity contribution in [1.29, 1.82) is 0 Å². The van der Waals surface area contributed by atoms with Crippen LogP contribution in [0.4, 0.5) is 5.82 Å². The molecule has 1 saturated carbocycles. The predicted octanol–water partition coefficient (Wildman–Crippen LogP) is -0.233. The van der Waals surface area contributed by atoms with E-state index in [2.05, 4.69) is 30.6 Å². The molecule has 0 bridgehead atoms. The maximum absolute atomic E-state index is 12.1. The van der Waals surface area contributed by atoms with E-state index < -0.39 is 0 Å². The molecule has 0 spiro atoms. The number of imidazole rings is 1. The molecule has 0 radical (unpaired) electrons. The molecule has 10 nitrogen and oxygen atoms in total. The summed E-state index contributed by atoms with van der Waals surface area (Å²) in [6, 6.07) is 0.395. The van der Waals surface area contributed by atoms with Crippen LogP contribution in [0.25, 0.3) is 11.2 Å². The van der Waals surface area contributed by atoms with Gasteiger partial charge in [0.2, 0.25) is 5.91 Å². The Balaban J connectivity index is 1.29. The normalized spacial score (nSPS) is 20.0. The summed E-state index contributed by atoms with van der Waals surface area (Å²) >= 11 is 0. The summed E-state index contributed by atoms with van der Waals surface area (Å²) in [6.07, 6.45) is 8.48. The van der Waals surface area contributed by atoms with Gasteiger partial charge in [-0.3, -0.25) is 4.79 Å². The van der Waals surface area contributed by atoms with Crippen molar-refractivity contribution in [2.24, 2.45) is 5.92 Å². The average Bonchev–Trinajstić information content (AvgIpc) is 3.17. The molecule has 0 aliphatic heterocycles. The number of carbonyl (C=O) groups is 1. The summed E-state index contributed by atoms with van der Waals surface area (Å²) in [6.45, 7) is 0.819. The zero-order valence-corrected chi connectivity index (χ0v) is 12.9. The largest absolute Gasteiger partial charge is 0.382 e. The zero-order valence-electron chi connectivity index (χ0n) is 12.9. The third-order valence-electron chi connectivity index (χ3n) is 4.36. The lowest BCUT2D eigenvalue weighted by atomic mass is 9.80. The van der Waals surface area contributed by atoms with Crippen LogP contribution in [0.3, 0.4) is 0 Å². The van der Waals surface area contributed by atoms with E-state index in [1.54, 1.807) is 17.1 Å². The number of carbonyl (C=O) groups excluding carboxylic acids is 1. The second-order valence-electron chi connectivity index (χ2n) is 5.98. The van der Waals surface area contributed by atoms with Gasteiger partial charge in [-0.2, -0.15) is 0 Å². The predicted molar refractivity (Wildman–Crippen MR) is 84.5 cm³/mol. The number of nitrogens with zero attached hydrogens (tertiary/aromatic N) is 7. The minimum Gasteiger partial charge on any atom is -0.382 e. The number of nitrogen functional groups attached to an aromatic ring is 1. The quantitative estimate of drug-likeness (QED) is 0.662. The maximum Gasteiger partial charge on any atom is 0.240 e. The number of rotatable bonds is 5. The van der Waals surface area contributed by atoms with Crippen LogP contribution in [-0.2, 0) is 11.3 Å². The van der Waals surface area contributed by atoms with E-state index in [1.807, 2.05) is 10.9 Å². The molecule has 124 valence electrons. The fourth-order valence-corrected chi connectivity index (χ4v) is 2.98. The molecule has 1 aliphatic carbocycles. The van der Waals surface area contributed by atoms with Gasteiger partial charge >= 0.3 is 0 Å². The molecular weight excluding hydrogens is 310 g/mol. The molecule has 3 aromatic heterocycles. The van der Waals surface area contributed by atoms with Crippen LogP contribution in [-0.4, -0.2) is 47.0 Å². The van der Waals surface area contributed by atoms with Gasteiger partial charge in [-0.1, -0.05) is 5.21 Å².